The summed E-state index contributed by atoms with van der Waals surface area (Å²) in [6, 6.07) is 4.17. The van der Waals surface area contributed by atoms with Crippen molar-refractivity contribution in [2.45, 2.75) is 38.3 Å². The number of piperidine rings is 1. The van der Waals surface area contributed by atoms with Crippen LogP contribution in [0.25, 0.3) is 27.9 Å². The summed E-state index contributed by atoms with van der Waals surface area (Å²) in [4.78, 5) is 15.0. The first-order chi connectivity index (χ1) is 16.7. The highest BCUT2D eigenvalue weighted by molar-refractivity contribution is 5.89. The largest absolute Gasteiger partial charge is 0.371 e. The van der Waals surface area contributed by atoms with Gasteiger partial charge in [-0.2, -0.15) is 4.98 Å². The number of fused-ring (bicyclic) bond motifs is 2. The fourth-order valence-corrected chi connectivity index (χ4v) is 4.53. The van der Waals surface area contributed by atoms with Crippen LogP contribution in [0.4, 0.5) is 29.3 Å². The number of hydrogen-bond donors (Lipinski definition) is 2. The minimum atomic E-state index is -2.92. The third kappa shape index (κ3) is 4.24. The Labute approximate surface area is 198 Å². The fraction of sp³-hybridized carbons (Fsp3) is 0.455. The molecule has 186 valence electrons. The summed E-state index contributed by atoms with van der Waals surface area (Å²) in [5, 5.41) is 10.2. The second-order valence-electron chi connectivity index (χ2n) is 8.74. The summed E-state index contributed by atoms with van der Waals surface area (Å²) in [6.45, 7) is 1.36. The summed E-state index contributed by atoms with van der Waals surface area (Å²) in [5.74, 6) is -1.98. The lowest BCUT2D eigenvalue weighted by atomic mass is 10.0. The van der Waals surface area contributed by atoms with Gasteiger partial charge in [0.25, 0.3) is 12.3 Å². The normalized spacial score (nSPS) is 18.6. The number of nitrogens with one attached hydrogen (secondary N) is 2. The lowest BCUT2D eigenvalue weighted by molar-refractivity contribution is -0.0675. The minimum absolute atomic E-state index is 0.0762. The Kier molecular flexibility index (Phi) is 5.74. The van der Waals surface area contributed by atoms with Gasteiger partial charge in [-0.15, -0.1) is 5.10 Å². The van der Waals surface area contributed by atoms with Gasteiger partial charge in [0.2, 0.25) is 5.95 Å². The predicted molar refractivity (Wildman–Crippen MR) is 124 cm³/mol. The van der Waals surface area contributed by atoms with Crippen LogP contribution < -0.4 is 10.6 Å². The summed E-state index contributed by atoms with van der Waals surface area (Å²) in [6.07, 6.45) is -0.607. The molecular formula is C22H25F4N9. The molecule has 0 amide bonds. The summed E-state index contributed by atoms with van der Waals surface area (Å²) in [7, 11) is 3.34. The Morgan fingerprint density at radius 2 is 1.97 bits per heavy atom. The Balaban J connectivity index is 1.54. The summed E-state index contributed by atoms with van der Waals surface area (Å²) < 4.78 is 58.2. The van der Waals surface area contributed by atoms with Crippen molar-refractivity contribution in [3.05, 3.63) is 30.2 Å². The maximum atomic E-state index is 14.5. The lowest BCUT2D eigenvalue weighted by Gasteiger charge is -2.36. The Hall–Kier alpha value is -3.48. The Bertz CT molecular complexity index is 1380. The average Bonchev–Trinajstić information content (AvgIpc) is 3.35. The first-order valence-electron chi connectivity index (χ1n) is 11.2. The molecule has 0 saturated carbocycles. The molecule has 1 fully saturated rings. The molecule has 1 saturated heterocycles. The van der Waals surface area contributed by atoms with E-state index in [1.807, 2.05) is 0 Å². The van der Waals surface area contributed by atoms with E-state index in [-0.39, 0.29) is 18.9 Å². The van der Waals surface area contributed by atoms with Crippen LogP contribution >= 0.6 is 0 Å². The standard InChI is InChI=1S/C22H25F4N9/c1-12-28-15-5-4-14(29-20(15)34(12)10-17(23)24)13-6-9-35-18(13)19(27-2)31-21(32-35)30-16-7-8-33(3)11-22(16,25)26/h4-6,9,16-17H,7-8,10-11H2,1-3H3,(H2,27,30,31,32)/t16-/m1/s1. The van der Waals surface area contributed by atoms with Crippen LogP contribution in [0.2, 0.25) is 0 Å². The van der Waals surface area contributed by atoms with Crippen molar-refractivity contribution < 1.29 is 17.6 Å². The minimum Gasteiger partial charge on any atom is -0.371 e. The highest BCUT2D eigenvalue weighted by Crippen LogP contribution is 2.32. The van der Waals surface area contributed by atoms with E-state index in [2.05, 4.69) is 30.7 Å². The lowest BCUT2D eigenvalue weighted by Crippen LogP contribution is -2.53. The van der Waals surface area contributed by atoms with Gasteiger partial charge in [0.1, 0.15) is 16.9 Å². The van der Waals surface area contributed by atoms with Crippen molar-refractivity contribution in [1.29, 1.82) is 0 Å². The van der Waals surface area contributed by atoms with Crippen LogP contribution in [-0.4, -0.2) is 79.6 Å². The van der Waals surface area contributed by atoms with Crippen LogP contribution in [-0.2, 0) is 6.54 Å². The third-order valence-corrected chi connectivity index (χ3v) is 6.22. The number of aromatic nitrogens is 6. The maximum Gasteiger partial charge on any atom is 0.280 e. The number of alkyl halides is 4. The van der Waals surface area contributed by atoms with Gasteiger partial charge in [-0.1, -0.05) is 0 Å². The number of aryl methyl sites for hydroxylation is 1. The number of likely N-dealkylation sites (tertiary alicyclic amines) is 1. The van der Waals surface area contributed by atoms with Crippen molar-refractivity contribution in [3.8, 4) is 11.3 Å². The SMILES string of the molecule is CNc1nc(N[C@@H]2CCN(C)CC2(F)F)nn2ccc(-c3ccc4nc(C)n(CC(F)F)c4n3)c12. The Morgan fingerprint density at radius 1 is 1.17 bits per heavy atom. The zero-order valence-corrected chi connectivity index (χ0v) is 19.4. The highest BCUT2D eigenvalue weighted by Gasteiger charge is 2.44. The molecule has 0 radical (unpaired) electrons. The van der Waals surface area contributed by atoms with Crippen LogP contribution in [0, 0.1) is 6.92 Å². The van der Waals surface area contributed by atoms with Crippen molar-refractivity contribution in [3.63, 3.8) is 0 Å². The van der Waals surface area contributed by atoms with Gasteiger partial charge in [-0.05, 0) is 38.6 Å². The van der Waals surface area contributed by atoms with E-state index < -0.39 is 24.9 Å². The molecule has 0 aromatic carbocycles. The van der Waals surface area contributed by atoms with E-state index >= 15 is 0 Å². The Morgan fingerprint density at radius 3 is 2.69 bits per heavy atom. The molecule has 35 heavy (non-hydrogen) atoms. The number of nitrogens with zero attached hydrogens (tertiary/aromatic N) is 7. The smallest absolute Gasteiger partial charge is 0.280 e. The third-order valence-electron chi connectivity index (χ3n) is 6.22. The van der Waals surface area contributed by atoms with E-state index in [4.69, 9.17) is 0 Å². The molecule has 13 heteroatoms. The summed E-state index contributed by atoms with van der Waals surface area (Å²) in [5.41, 5.74) is 2.64. The van der Waals surface area contributed by atoms with Gasteiger partial charge < -0.3 is 20.1 Å². The van der Waals surface area contributed by atoms with E-state index in [1.54, 1.807) is 50.3 Å². The van der Waals surface area contributed by atoms with E-state index in [9.17, 15) is 17.6 Å². The topological polar surface area (TPSA) is 88.2 Å². The highest BCUT2D eigenvalue weighted by atomic mass is 19.3. The monoisotopic (exact) mass is 491 g/mol. The summed E-state index contributed by atoms with van der Waals surface area (Å²) >= 11 is 0. The molecule has 2 N–H and O–H groups in total. The first kappa shape index (κ1) is 23.3. The molecule has 5 heterocycles. The van der Waals surface area contributed by atoms with E-state index in [0.29, 0.717) is 46.1 Å². The zero-order valence-electron chi connectivity index (χ0n) is 19.4. The number of rotatable bonds is 6. The zero-order chi connectivity index (χ0) is 24.9. The number of pyridine rings is 1. The van der Waals surface area contributed by atoms with E-state index in [0.717, 1.165) is 0 Å². The van der Waals surface area contributed by atoms with Gasteiger partial charge >= 0.3 is 0 Å². The molecule has 0 aliphatic carbocycles. The molecule has 1 atom stereocenters. The van der Waals surface area contributed by atoms with Crippen molar-refractivity contribution in [1.82, 2.24) is 34.0 Å². The van der Waals surface area contributed by atoms with Gasteiger partial charge in [0, 0.05) is 25.4 Å². The molecule has 1 aliphatic heterocycles. The molecule has 0 unspecified atom stereocenters. The van der Waals surface area contributed by atoms with Gasteiger partial charge in [-0.25, -0.2) is 32.0 Å². The average molecular weight is 491 g/mol. The second kappa shape index (κ2) is 8.63. The van der Waals surface area contributed by atoms with Crippen LogP contribution in [0.1, 0.15) is 12.2 Å². The van der Waals surface area contributed by atoms with Gasteiger partial charge in [0.05, 0.1) is 24.8 Å². The fourth-order valence-electron chi connectivity index (χ4n) is 4.53. The molecule has 4 aromatic heterocycles. The van der Waals surface area contributed by atoms with Crippen molar-refractivity contribution >= 4 is 28.4 Å². The second-order valence-corrected chi connectivity index (χ2v) is 8.74. The number of hydrogen-bond acceptors (Lipinski definition) is 7. The van der Waals surface area contributed by atoms with Crippen LogP contribution in [0.5, 0.6) is 0 Å². The molecule has 0 bridgehead atoms. The van der Waals surface area contributed by atoms with Crippen LogP contribution in [0.15, 0.2) is 24.4 Å². The maximum absolute atomic E-state index is 14.5. The number of imidazole rings is 1. The van der Waals surface area contributed by atoms with Crippen LogP contribution in [0.3, 0.4) is 0 Å². The molecule has 1 aliphatic rings. The van der Waals surface area contributed by atoms with Gasteiger partial charge in [0.15, 0.2) is 11.5 Å². The first-order valence-corrected chi connectivity index (χ1v) is 11.2. The van der Waals surface area contributed by atoms with Gasteiger partial charge in [-0.3, -0.25) is 0 Å². The predicted octanol–water partition coefficient (Wildman–Crippen LogP) is 3.51. The molecular weight excluding hydrogens is 466 g/mol. The quantitative estimate of drug-likeness (QED) is 0.399. The van der Waals surface area contributed by atoms with E-state index in [1.165, 1.54) is 9.08 Å². The van der Waals surface area contributed by atoms with Crippen molar-refractivity contribution in [2.75, 3.05) is 37.8 Å². The number of anilines is 2. The molecule has 4 aromatic rings. The molecule has 0 spiro atoms. The molecule has 9 nitrogen and oxygen atoms in total. The van der Waals surface area contributed by atoms with Crippen molar-refractivity contribution in [2.24, 2.45) is 0 Å². The molecule has 5 rings (SSSR count). The number of halogens is 4.